The van der Waals surface area contributed by atoms with Crippen molar-refractivity contribution >= 4 is 43.5 Å². The Morgan fingerprint density at radius 1 is 0.538 bits per heavy atom. The van der Waals surface area contributed by atoms with Gasteiger partial charge in [-0.1, -0.05) is 188 Å². The van der Waals surface area contributed by atoms with Crippen LogP contribution in [0.1, 0.15) is 19.4 Å². The number of imidazole rings is 1. The second-order valence-corrected chi connectivity index (χ2v) is 15.6. The van der Waals surface area contributed by atoms with E-state index < -0.39 is 13.7 Å². The van der Waals surface area contributed by atoms with Crippen LogP contribution in [0.2, 0.25) is 0 Å². The van der Waals surface area contributed by atoms with Gasteiger partial charge >= 0.3 is 0 Å². The van der Waals surface area contributed by atoms with Gasteiger partial charge in [-0.05, 0) is 80.1 Å². The predicted molar refractivity (Wildman–Crippen MR) is 264 cm³/mol. The van der Waals surface area contributed by atoms with E-state index in [0.29, 0.717) is 11.3 Å². The number of rotatable bonds is 6. The molecule has 0 saturated heterocycles. The van der Waals surface area contributed by atoms with Crippen LogP contribution in [-0.2, 0) is 20.1 Å². The number of fused-ring (bicyclic) bond motifs is 5. The second kappa shape index (κ2) is 17.8. The first kappa shape index (κ1) is 34.8. The van der Waals surface area contributed by atoms with Crippen LogP contribution in [0.4, 0.5) is 0 Å². The number of aryl methyl sites for hydroxylation is 2. The van der Waals surface area contributed by atoms with Crippen LogP contribution < -0.4 is 0 Å². The largest absolute Gasteiger partial charge is 0.557 e. The molecule has 65 heavy (non-hydrogen) atoms. The Morgan fingerprint density at radius 3 is 1.89 bits per heavy atom. The van der Waals surface area contributed by atoms with E-state index in [0.717, 1.165) is 72.5 Å². The van der Waals surface area contributed by atoms with Crippen molar-refractivity contribution in [2.45, 2.75) is 13.7 Å². The summed E-state index contributed by atoms with van der Waals surface area (Å²) >= 11 is 0. The molecule has 0 aliphatic heterocycles. The van der Waals surface area contributed by atoms with E-state index in [-0.39, 0.29) is 31.2 Å². The van der Waals surface area contributed by atoms with Crippen molar-refractivity contribution in [1.82, 2.24) is 14.5 Å². The predicted octanol–water partition coefficient (Wildman–Crippen LogP) is 15.7. The number of pyridine rings is 1. The summed E-state index contributed by atoms with van der Waals surface area (Å²) in [6, 6.07) is 72.6. The Morgan fingerprint density at radius 2 is 1.18 bits per heavy atom. The molecule has 3 heterocycles. The van der Waals surface area contributed by atoms with Gasteiger partial charge in [0.25, 0.3) is 0 Å². The Hall–Kier alpha value is -7.69. The molecule has 0 atom stereocenters. The van der Waals surface area contributed by atoms with E-state index in [1.54, 1.807) is 12.1 Å². The van der Waals surface area contributed by atoms with E-state index in [1.165, 1.54) is 45.9 Å². The minimum Gasteiger partial charge on any atom is -0.557 e. The summed E-state index contributed by atoms with van der Waals surface area (Å²) in [4.78, 5) is 9.38. The van der Waals surface area contributed by atoms with Crippen LogP contribution in [-0.4, -0.2) is 14.5 Å². The van der Waals surface area contributed by atoms with Gasteiger partial charge in [-0.15, -0.1) is 35.4 Å². The molecule has 0 amide bonds. The Kier molecular flexibility index (Phi) is 9.53. The fourth-order valence-electron chi connectivity index (χ4n) is 8.55. The molecule has 0 aliphatic carbocycles. The molecule has 0 aliphatic rings. The van der Waals surface area contributed by atoms with E-state index in [4.69, 9.17) is 17.6 Å². The zero-order valence-corrected chi connectivity index (χ0v) is 37.2. The summed E-state index contributed by atoms with van der Waals surface area (Å²) in [7, 11) is 0. The van der Waals surface area contributed by atoms with Crippen molar-refractivity contribution in [3.8, 4) is 61.7 Å². The van der Waals surface area contributed by atoms with Crippen LogP contribution in [0.25, 0.3) is 105 Å². The Labute approximate surface area is 400 Å². The molecule has 0 bridgehead atoms. The van der Waals surface area contributed by atoms with Gasteiger partial charge in [-0.3, -0.25) is 4.98 Å². The molecule has 9 aromatic carbocycles. The molecule has 12 aromatic rings. The summed E-state index contributed by atoms with van der Waals surface area (Å²) in [6.45, 7) is -4.34. The topological polar surface area (TPSA) is 43.9 Å². The molecular weight excluding hydrogens is 971 g/mol. The normalized spacial score (nSPS) is 12.9. The van der Waals surface area contributed by atoms with Gasteiger partial charge in [0.1, 0.15) is 0 Å². The maximum atomic E-state index is 7.28. The maximum Gasteiger partial charge on any atom is 0.0774 e. The third-order valence-corrected chi connectivity index (χ3v) is 11.7. The quantitative estimate of drug-likeness (QED) is 0.123. The van der Waals surface area contributed by atoms with Crippen molar-refractivity contribution < 1.29 is 32.7 Å². The molecule has 0 unspecified atom stereocenters. The van der Waals surface area contributed by atoms with Crippen LogP contribution in [0.5, 0.6) is 0 Å². The summed E-state index contributed by atoms with van der Waals surface area (Å²) in [6.07, 6.45) is 4.59. The fourth-order valence-corrected chi connectivity index (χ4v) is 8.55. The van der Waals surface area contributed by atoms with E-state index >= 15 is 0 Å². The van der Waals surface area contributed by atoms with E-state index in [2.05, 4.69) is 192 Å². The first-order valence-corrected chi connectivity index (χ1v) is 21.1. The molecule has 0 N–H and O–H groups in total. The number of nitrogens with zero attached hydrogens (tertiary/aromatic N) is 3. The monoisotopic (exact) mass is 1020 g/mol. The van der Waals surface area contributed by atoms with Crippen molar-refractivity contribution in [3.05, 3.63) is 236 Å². The maximum absolute atomic E-state index is 7.28. The van der Waals surface area contributed by atoms with Gasteiger partial charge in [0, 0.05) is 57.5 Å². The van der Waals surface area contributed by atoms with E-state index in [1.807, 2.05) is 6.07 Å². The minimum atomic E-state index is -2.18. The summed E-state index contributed by atoms with van der Waals surface area (Å²) in [5.41, 5.74) is 12.9. The number of hydrogen-bond donors (Lipinski definition) is 0. The van der Waals surface area contributed by atoms with Crippen LogP contribution in [0, 0.1) is 26.0 Å². The molecule has 0 spiro atoms. The fraction of sp³-hybridized carbons (Fsp3) is 0.0333. The zero-order valence-electron chi connectivity index (χ0n) is 40.8. The third-order valence-electron chi connectivity index (χ3n) is 11.7. The number of para-hydroxylation sites is 3. The van der Waals surface area contributed by atoms with Crippen LogP contribution in [0.15, 0.2) is 217 Å². The molecule has 5 heteroatoms. The number of aromatic nitrogens is 3. The van der Waals surface area contributed by atoms with Gasteiger partial charge < -0.3 is 14.0 Å². The zero-order chi connectivity index (χ0) is 48.0. The molecule has 12 rings (SSSR count). The minimum absolute atomic E-state index is 0. The first-order chi connectivity index (χ1) is 34.0. The van der Waals surface area contributed by atoms with Gasteiger partial charge in [-0.25, -0.2) is 0 Å². The second-order valence-electron chi connectivity index (χ2n) is 15.6. The number of furan rings is 1. The van der Waals surface area contributed by atoms with Crippen LogP contribution in [0.3, 0.4) is 0 Å². The summed E-state index contributed by atoms with van der Waals surface area (Å²) < 4.78 is 52.1. The van der Waals surface area contributed by atoms with Crippen molar-refractivity contribution in [1.29, 1.82) is 0 Å². The molecule has 1 radical (unpaired) electrons. The van der Waals surface area contributed by atoms with Crippen LogP contribution >= 0.6 is 0 Å². The summed E-state index contributed by atoms with van der Waals surface area (Å²) in [5, 5.41) is 5.93. The molecule has 0 saturated carbocycles. The van der Waals surface area contributed by atoms with Crippen molar-refractivity contribution in [3.63, 3.8) is 0 Å². The van der Waals surface area contributed by atoms with Crippen molar-refractivity contribution in [2.24, 2.45) is 0 Å². The van der Waals surface area contributed by atoms with Gasteiger partial charge in [0.15, 0.2) is 0 Å². The molecule has 4 nitrogen and oxygen atoms in total. The molecule has 3 aromatic heterocycles. The average molecular weight is 1020 g/mol. The van der Waals surface area contributed by atoms with Crippen molar-refractivity contribution in [2.75, 3.05) is 0 Å². The summed E-state index contributed by atoms with van der Waals surface area (Å²) in [5.74, 6) is 0.784. The van der Waals surface area contributed by atoms with Gasteiger partial charge in [0.05, 0.1) is 22.5 Å². The SMILES string of the molecule is [2H]C([2H])([2H])c1c[c-]c(-c2ccc(C([2H])([2H])[2H])cn2)cc1.[Ir].[c-]1oc2ccc(-c3ccc4ccc5ccccc5c4c3)cc2c1-c1nc2ccccc2n1-c1c(-c2ccccc2)cccc1-c1ccccc1. The standard InChI is InChI=1S/C47H29N2O.C13H12N.Ir/c1-3-12-31(13-4-1)38-18-11-19-39(32-14-5-2-6-15-32)46(38)49-44-21-10-9-20-43(44)48-47(49)42-30-50-45-27-26-36(29-41(42)45)35-25-24-34-23-22-33-16-7-8-17-37(33)40(34)28-35;1-10-3-6-12(7-4-10)13-8-5-11(2)9-14-13;/h1-29H;3-6,8-9H,1-2H3;/q2*-1;/i;1D3,2D3;. The molecule has 0 fully saturated rings. The first-order valence-electron chi connectivity index (χ1n) is 24.1. The van der Waals surface area contributed by atoms with Gasteiger partial charge in [0.2, 0.25) is 0 Å². The number of benzene rings is 9. The average Bonchev–Trinajstić information content (AvgIpc) is 4.00. The Bertz CT molecular complexity index is 3730. The molecule has 313 valence electrons. The third kappa shape index (κ3) is 7.98. The molecular formula is C60H41IrN3O-2. The smallest absolute Gasteiger partial charge is 0.0774 e. The van der Waals surface area contributed by atoms with E-state index in [9.17, 15) is 0 Å². The van der Waals surface area contributed by atoms with Gasteiger partial charge in [-0.2, -0.15) is 0 Å². The Balaban J connectivity index is 0.000000234. The number of hydrogen-bond acceptors (Lipinski definition) is 3.